The number of carbonyl (C=O) groups excluding carboxylic acids is 2. The Morgan fingerprint density at radius 2 is 0.756 bits per heavy atom. The third kappa shape index (κ3) is 20.0. The number of aromatic nitrogens is 2. The van der Waals surface area contributed by atoms with Gasteiger partial charge in [0.2, 0.25) is 0 Å². The Labute approximate surface area is 527 Å². The number of allylic oxidation sites excluding steroid dienone is 4. The number of ketones is 2. The number of carbonyl (C=O) groups is 2. The van der Waals surface area contributed by atoms with E-state index in [-0.39, 0.29) is 90.4 Å². The second kappa shape index (κ2) is 28.1. The van der Waals surface area contributed by atoms with E-state index in [1.807, 2.05) is 35.1 Å². The van der Waals surface area contributed by atoms with Crippen molar-refractivity contribution in [3.05, 3.63) is 177 Å². The van der Waals surface area contributed by atoms with Crippen molar-refractivity contribution in [1.82, 2.24) is 9.97 Å². The van der Waals surface area contributed by atoms with Crippen molar-refractivity contribution in [2.24, 2.45) is 0 Å². The fourth-order valence-corrected chi connectivity index (χ4v) is 11.3. The maximum Gasteiger partial charge on any atom is 0.155 e. The normalized spacial score (nSPS) is 12.2. The van der Waals surface area contributed by atoms with Gasteiger partial charge in [-0.15, -0.1) is 92.5 Å². The van der Waals surface area contributed by atoms with Crippen LogP contribution >= 0.6 is 22.7 Å². The Morgan fingerprint density at radius 3 is 1.07 bits per heavy atom. The molecule has 0 atom stereocenters. The molecular formula is C72H88Ir2N2O4S2-2. The summed E-state index contributed by atoms with van der Waals surface area (Å²) in [6.45, 7) is 48.5. The van der Waals surface area contributed by atoms with Gasteiger partial charge < -0.3 is 20.2 Å². The van der Waals surface area contributed by atoms with E-state index in [9.17, 15) is 9.59 Å². The third-order valence-corrected chi connectivity index (χ3v) is 15.8. The van der Waals surface area contributed by atoms with E-state index >= 15 is 0 Å². The maximum atomic E-state index is 10.0. The average Bonchev–Trinajstić information content (AvgIpc) is 3.93. The fourth-order valence-electron chi connectivity index (χ4n) is 9.01. The van der Waals surface area contributed by atoms with Crippen LogP contribution in [0.3, 0.4) is 0 Å². The molecule has 0 spiro atoms. The standard InChI is InChI=1S/C32H38NS.C30H34NS.2C5H8O2.2Ir/c1-20-11-21(13-24(12-20)30(2,3)4)27-18-29-23(19-33-27)16-28(34-29)22-14-25(31(5,6)7)17-26(15-22)32(8,9)10;1-18-10-21(14-23(11-18)29(4,5)6)25-16-26-22(17-31-25)15-27(32-26)28-19(2)12-24(13-20(28)3)30(7,8)9;2*1-4(6)3-5(2)7;;/h12-19H,1-10H3;11-17H,1-9H3;2*3,6H,1-2H3;;/q2*-1;;;;. The molecule has 4 heterocycles. The number of fused-ring (bicyclic) bond motifs is 2. The topological polar surface area (TPSA) is 100 Å². The average molecular weight is 1490 g/mol. The van der Waals surface area contributed by atoms with E-state index in [0.717, 1.165) is 33.6 Å². The number of aliphatic hydroxyl groups is 2. The number of aliphatic hydroxyl groups excluding tert-OH is 2. The van der Waals surface area contributed by atoms with Crippen LogP contribution in [0, 0.1) is 39.8 Å². The summed E-state index contributed by atoms with van der Waals surface area (Å²) in [5.41, 5.74) is 19.2. The molecule has 4 aromatic carbocycles. The Kier molecular flexibility index (Phi) is 24.4. The summed E-state index contributed by atoms with van der Waals surface area (Å²) >= 11 is 3.72. The first-order chi connectivity index (χ1) is 36.7. The number of hydrogen-bond donors (Lipinski definition) is 2. The molecule has 0 saturated carbocycles. The molecule has 4 aromatic heterocycles. The van der Waals surface area contributed by atoms with Gasteiger partial charge >= 0.3 is 0 Å². The number of nitrogens with zero attached hydrogens (tertiary/aromatic N) is 2. The minimum Gasteiger partial charge on any atom is -0.512 e. The molecule has 0 saturated heterocycles. The molecule has 0 unspecified atom stereocenters. The summed E-state index contributed by atoms with van der Waals surface area (Å²) in [7, 11) is 0. The second-order valence-electron chi connectivity index (χ2n) is 26.7. The smallest absolute Gasteiger partial charge is 0.155 e. The Balaban J connectivity index is 0.000000342. The molecule has 8 rings (SSSR count). The van der Waals surface area contributed by atoms with Crippen LogP contribution in [-0.2, 0) is 76.9 Å². The summed E-state index contributed by atoms with van der Waals surface area (Å²) < 4.78 is 2.54. The summed E-state index contributed by atoms with van der Waals surface area (Å²) in [5.74, 6) is -0.125. The van der Waals surface area contributed by atoms with Crippen LogP contribution < -0.4 is 0 Å². The van der Waals surface area contributed by atoms with Crippen LogP contribution in [0.2, 0.25) is 0 Å². The van der Waals surface area contributed by atoms with Crippen molar-refractivity contribution in [2.45, 2.75) is 186 Å². The molecule has 8 aromatic rings. The Hall–Kier alpha value is -5.18. The van der Waals surface area contributed by atoms with E-state index in [1.165, 1.54) is 120 Å². The molecule has 0 aliphatic carbocycles. The fraction of sp³-hybridized carbons (Fsp3) is 0.389. The third-order valence-electron chi connectivity index (χ3n) is 13.5. The van der Waals surface area contributed by atoms with Crippen molar-refractivity contribution >= 4 is 54.4 Å². The summed E-state index contributed by atoms with van der Waals surface area (Å²) in [4.78, 5) is 32.3. The van der Waals surface area contributed by atoms with Gasteiger partial charge in [0.15, 0.2) is 11.6 Å². The maximum absolute atomic E-state index is 10.0. The molecular weight excluding hydrogens is 1410 g/mol. The van der Waals surface area contributed by atoms with E-state index in [1.54, 1.807) is 0 Å². The van der Waals surface area contributed by atoms with Gasteiger partial charge in [-0.3, -0.25) is 9.59 Å². The number of benzene rings is 4. The van der Waals surface area contributed by atoms with Gasteiger partial charge in [-0.25, -0.2) is 0 Å². The predicted molar refractivity (Wildman–Crippen MR) is 345 cm³/mol. The van der Waals surface area contributed by atoms with Crippen molar-refractivity contribution in [3.8, 4) is 43.4 Å². The number of hydrogen-bond acceptors (Lipinski definition) is 8. The molecule has 0 amide bonds. The van der Waals surface area contributed by atoms with E-state index in [4.69, 9.17) is 20.2 Å². The Morgan fingerprint density at radius 1 is 0.439 bits per heavy atom. The quantitative estimate of drug-likeness (QED) is 0.0977. The van der Waals surface area contributed by atoms with Crippen molar-refractivity contribution in [3.63, 3.8) is 0 Å². The van der Waals surface area contributed by atoms with Crippen LogP contribution in [0.15, 0.2) is 115 Å². The van der Waals surface area contributed by atoms with Gasteiger partial charge in [-0.2, -0.15) is 0 Å². The minimum absolute atomic E-state index is 0. The van der Waals surface area contributed by atoms with Crippen molar-refractivity contribution in [1.29, 1.82) is 0 Å². The molecule has 6 nitrogen and oxygen atoms in total. The minimum atomic E-state index is -0.125. The second-order valence-corrected chi connectivity index (χ2v) is 28.9. The Bertz CT molecular complexity index is 3520. The first kappa shape index (κ1) is 71.1. The molecule has 2 radical (unpaired) electrons. The SMILES string of the molecule is CC(=O)C=C(C)O.CC(=O)C=C(C)O.Cc1[c-]c(-c2cc3sc(-c4c(C)cc(C(C)(C)C)cc4C)cc3cn2)cc(C(C)(C)C)c1.Cc1[c-]c(-c2cc3sc(-c4cc(C(C)(C)C)cc(C(C)(C)C)c4)cc3cn2)cc(C(C)(C)C)c1.[Ir].[Ir]. The molecule has 0 aliphatic heterocycles. The van der Waals surface area contributed by atoms with Crippen LogP contribution in [0.1, 0.15) is 182 Å². The largest absolute Gasteiger partial charge is 0.512 e. The molecule has 0 bridgehead atoms. The van der Waals surface area contributed by atoms with Crippen LogP contribution in [0.5, 0.6) is 0 Å². The van der Waals surface area contributed by atoms with E-state index in [2.05, 4.69) is 223 Å². The zero-order valence-corrected chi connectivity index (χ0v) is 59.3. The zero-order chi connectivity index (χ0) is 60.2. The number of pyridine rings is 2. The van der Waals surface area contributed by atoms with Crippen molar-refractivity contribution < 1.29 is 60.0 Å². The summed E-state index contributed by atoms with van der Waals surface area (Å²) in [5, 5.41) is 19.1. The molecule has 82 heavy (non-hydrogen) atoms. The first-order valence-electron chi connectivity index (χ1n) is 27.6. The molecule has 0 fully saturated rings. The molecule has 0 aliphatic rings. The monoisotopic (exact) mass is 1490 g/mol. The number of rotatable bonds is 6. The molecule has 442 valence electrons. The van der Waals surface area contributed by atoms with Crippen LogP contribution in [0.4, 0.5) is 0 Å². The van der Waals surface area contributed by atoms with Crippen LogP contribution in [0.25, 0.3) is 63.6 Å². The van der Waals surface area contributed by atoms with Gasteiger partial charge in [0.25, 0.3) is 0 Å². The van der Waals surface area contributed by atoms with Gasteiger partial charge in [0, 0.05) is 94.7 Å². The van der Waals surface area contributed by atoms with Crippen molar-refractivity contribution in [2.75, 3.05) is 0 Å². The van der Waals surface area contributed by atoms with Gasteiger partial charge in [-0.1, -0.05) is 148 Å². The first-order valence-corrected chi connectivity index (χ1v) is 29.3. The van der Waals surface area contributed by atoms with Crippen LogP contribution in [-0.4, -0.2) is 31.7 Å². The van der Waals surface area contributed by atoms with E-state index in [0.29, 0.717) is 0 Å². The van der Waals surface area contributed by atoms with Gasteiger partial charge in [0.05, 0.1) is 11.5 Å². The predicted octanol–water partition coefficient (Wildman–Crippen LogP) is 20.7. The summed E-state index contributed by atoms with van der Waals surface area (Å²) in [6.07, 6.45) is 6.38. The zero-order valence-electron chi connectivity index (χ0n) is 52.9. The molecule has 2 N–H and O–H groups in total. The number of thiophene rings is 2. The van der Waals surface area contributed by atoms with Gasteiger partial charge in [0.1, 0.15) is 0 Å². The number of aryl methyl sites for hydroxylation is 4. The van der Waals surface area contributed by atoms with Gasteiger partial charge in [-0.05, 0) is 143 Å². The van der Waals surface area contributed by atoms with E-state index < -0.39 is 0 Å². The summed E-state index contributed by atoms with van der Waals surface area (Å²) in [6, 6.07) is 36.9. The molecule has 10 heteroatoms.